The fourth-order valence-corrected chi connectivity index (χ4v) is 4.04. The molecule has 1 aromatic heterocycles. The van der Waals surface area contributed by atoms with E-state index in [1.807, 2.05) is 0 Å². The molecule has 122 valence electrons. The van der Waals surface area contributed by atoms with Gasteiger partial charge in [0.2, 0.25) is 0 Å². The van der Waals surface area contributed by atoms with Gasteiger partial charge in [0.15, 0.2) is 0 Å². The van der Waals surface area contributed by atoms with E-state index in [0.717, 1.165) is 45.4 Å². The van der Waals surface area contributed by atoms with Gasteiger partial charge >= 0.3 is 6.03 Å². The molecule has 1 aromatic rings. The normalized spacial score (nSPS) is 20.0. The molecule has 0 saturated heterocycles. The van der Waals surface area contributed by atoms with Crippen molar-refractivity contribution in [3.8, 4) is 0 Å². The van der Waals surface area contributed by atoms with Gasteiger partial charge in [-0.2, -0.15) is 11.3 Å². The van der Waals surface area contributed by atoms with Gasteiger partial charge in [-0.25, -0.2) is 4.79 Å². The van der Waals surface area contributed by atoms with E-state index < -0.39 is 0 Å². The van der Waals surface area contributed by atoms with Crippen molar-refractivity contribution in [2.75, 3.05) is 20.3 Å². The second-order valence-corrected chi connectivity index (χ2v) is 7.57. The van der Waals surface area contributed by atoms with Crippen LogP contribution in [0.3, 0.4) is 0 Å². The van der Waals surface area contributed by atoms with Crippen LogP contribution in [-0.4, -0.2) is 37.2 Å². The molecule has 0 unspecified atom stereocenters. The Bertz CT molecular complexity index is 479. The molecular weight excluding hydrogens is 296 g/mol. The summed E-state index contributed by atoms with van der Waals surface area (Å²) in [4.78, 5) is 14.8. The molecule has 3 rings (SSSR count). The first-order valence-corrected chi connectivity index (χ1v) is 9.21. The fraction of sp³-hybridized carbons (Fsp3) is 0.706. The molecule has 2 aliphatic rings. The van der Waals surface area contributed by atoms with Crippen molar-refractivity contribution in [2.24, 2.45) is 5.41 Å². The van der Waals surface area contributed by atoms with Crippen molar-refractivity contribution in [1.82, 2.24) is 10.2 Å². The predicted molar refractivity (Wildman–Crippen MR) is 89.1 cm³/mol. The number of urea groups is 1. The van der Waals surface area contributed by atoms with E-state index in [2.05, 4.69) is 27.0 Å². The molecule has 2 amide bonds. The molecule has 2 aliphatic carbocycles. The highest BCUT2D eigenvalue weighted by molar-refractivity contribution is 7.07. The number of nitrogens with one attached hydrogen (secondary N) is 1. The van der Waals surface area contributed by atoms with E-state index in [1.54, 1.807) is 18.4 Å². The summed E-state index contributed by atoms with van der Waals surface area (Å²) in [5, 5.41) is 7.39. The Morgan fingerprint density at radius 2 is 2.23 bits per heavy atom. The van der Waals surface area contributed by atoms with Crippen molar-refractivity contribution < 1.29 is 9.53 Å². The maximum Gasteiger partial charge on any atom is 0.317 e. The van der Waals surface area contributed by atoms with Crippen LogP contribution in [0.2, 0.25) is 0 Å². The molecule has 4 nitrogen and oxygen atoms in total. The van der Waals surface area contributed by atoms with Gasteiger partial charge in [-0.1, -0.05) is 12.8 Å². The lowest BCUT2D eigenvalue weighted by Gasteiger charge is -2.30. The Morgan fingerprint density at radius 1 is 1.45 bits per heavy atom. The average molecular weight is 322 g/mol. The lowest BCUT2D eigenvalue weighted by Crippen LogP contribution is -2.46. The number of carbonyl (C=O) groups is 1. The van der Waals surface area contributed by atoms with Gasteiger partial charge in [-0.3, -0.25) is 0 Å². The number of amides is 2. The Labute approximate surface area is 136 Å². The molecule has 0 bridgehead atoms. The number of rotatable bonds is 7. The summed E-state index contributed by atoms with van der Waals surface area (Å²) >= 11 is 1.70. The number of methoxy groups -OCH3 is 1. The van der Waals surface area contributed by atoms with Crippen LogP contribution in [0.1, 0.15) is 44.1 Å². The van der Waals surface area contributed by atoms with Crippen molar-refractivity contribution in [1.29, 1.82) is 0 Å². The van der Waals surface area contributed by atoms with E-state index in [0.29, 0.717) is 6.04 Å². The smallest absolute Gasteiger partial charge is 0.317 e. The Hall–Kier alpha value is -1.07. The molecule has 5 heteroatoms. The third kappa shape index (κ3) is 3.82. The highest BCUT2D eigenvalue weighted by Crippen LogP contribution is 2.45. The highest BCUT2D eigenvalue weighted by Gasteiger charge is 2.43. The third-order valence-corrected chi connectivity index (χ3v) is 5.71. The second-order valence-electron chi connectivity index (χ2n) is 6.79. The Balaban J connectivity index is 1.59. The van der Waals surface area contributed by atoms with E-state index >= 15 is 0 Å². The van der Waals surface area contributed by atoms with Gasteiger partial charge in [0.1, 0.15) is 0 Å². The quantitative estimate of drug-likeness (QED) is 0.833. The number of nitrogens with zero attached hydrogens (tertiary/aromatic N) is 1. The number of thiophene rings is 1. The van der Waals surface area contributed by atoms with Crippen LogP contribution in [0.4, 0.5) is 4.79 Å². The van der Waals surface area contributed by atoms with Gasteiger partial charge in [0, 0.05) is 31.7 Å². The summed E-state index contributed by atoms with van der Waals surface area (Å²) in [7, 11) is 1.74. The van der Waals surface area contributed by atoms with Gasteiger partial charge in [0.25, 0.3) is 0 Å². The molecule has 1 heterocycles. The lowest BCUT2D eigenvalue weighted by atomic mass is 10.1. The summed E-state index contributed by atoms with van der Waals surface area (Å²) in [6.07, 6.45) is 7.09. The molecule has 0 atom stereocenters. The monoisotopic (exact) mass is 322 g/mol. The molecular formula is C17H26N2O2S. The number of ether oxygens (including phenoxy) is 1. The summed E-state index contributed by atoms with van der Waals surface area (Å²) in [6.45, 7) is 2.23. The first-order chi connectivity index (χ1) is 10.7. The van der Waals surface area contributed by atoms with Crippen molar-refractivity contribution >= 4 is 17.4 Å². The first kappa shape index (κ1) is 15.8. The van der Waals surface area contributed by atoms with E-state index in [-0.39, 0.29) is 11.4 Å². The fourth-order valence-electron chi connectivity index (χ4n) is 3.38. The molecule has 0 aromatic carbocycles. The van der Waals surface area contributed by atoms with Crippen LogP contribution >= 0.6 is 11.3 Å². The summed E-state index contributed by atoms with van der Waals surface area (Å²) in [5.41, 5.74) is 1.44. The van der Waals surface area contributed by atoms with Crippen molar-refractivity contribution in [3.05, 3.63) is 22.4 Å². The predicted octanol–water partition coefficient (Wildman–Crippen LogP) is 3.63. The van der Waals surface area contributed by atoms with E-state index in [4.69, 9.17) is 4.74 Å². The summed E-state index contributed by atoms with van der Waals surface area (Å²) in [5.74, 6) is 0. The highest BCUT2D eigenvalue weighted by atomic mass is 32.1. The molecule has 1 N–H and O–H groups in total. The molecule has 22 heavy (non-hydrogen) atoms. The topological polar surface area (TPSA) is 41.6 Å². The number of hydrogen-bond donors (Lipinski definition) is 1. The standard InChI is InChI=1S/C17H26N2O2S/c1-21-13-17(7-8-17)12-18-16(20)19(15-4-2-3-5-15)10-14-6-9-22-11-14/h6,9,11,15H,2-5,7-8,10,12-13H2,1H3,(H,18,20). The van der Waals surface area contributed by atoms with Crippen LogP contribution < -0.4 is 5.32 Å². The van der Waals surface area contributed by atoms with Crippen molar-refractivity contribution in [2.45, 2.75) is 51.1 Å². The van der Waals surface area contributed by atoms with Gasteiger partial charge in [-0.15, -0.1) is 0 Å². The summed E-state index contributed by atoms with van der Waals surface area (Å²) in [6, 6.07) is 2.62. The maximum absolute atomic E-state index is 12.7. The zero-order chi connectivity index (χ0) is 15.4. The van der Waals surface area contributed by atoms with Crippen molar-refractivity contribution in [3.63, 3.8) is 0 Å². The van der Waals surface area contributed by atoms with Crippen LogP contribution in [-0.2, 0) is 11.3 Å². The van der Waals surface area contributed by atoms with Crippen LogP contribution in [0.15, 0.2) is 16.8 Å². The zero-order valence-electron chi connectivity index (χ0n) is 13.3. The van der Waals surface area contributed by atoms with Crippen LogP contribution in [0.5, 0.6) is 0 Å². The molecule has 2 saturated carbocycles. The van der Waals surface area contributed by atoms with Gasteiger partial charge < -0.3 is 15.0 Å². The van der Waals surface area contributed by atoms with Gasteiger partial charge in [-0.05, 0) is 48.1 Å². The van der Waals surface area contributed by atoms with E-state index in [1.165, 1.54) is 18.4 Å². The second kappa shape index (κ2) is 7.01. The average Bonchev–Trinajstić information content (AvgIpc) is 2.97. The molecule has 0 spiro atoms. The summed E-state index contributed by atoms with van der Waals surface area (Å²) < 4.78 is 5.28. The minimum atomic E-state index is 0.0977. The minimum Gasteiger partial charge on any atom is -0.384 e. The Kier molecular flexibility index (Phi) is 5.03. The first-order valence-electron chi connectivity index (χ1n) is 8.27. The SMILES string of the molecule is COCC1(CNC(=O)N(Cc2ccsc2)C2CCCC2)CC1. The molecule has 0 radical (unpaired) electrons. The van der Waals surface area contributed by atoms with Crippen LogP contribution in [0.25, 0.3) is 0 Å². The lowest BCUT2D eigenvalue weighted by molar-refractivity contribution is 0.134. The van der Waals surface area contributed by atoms with Gasteiger partial charge in [0.05, 0.1) is 6.61 Å². The third-order valence-electron chi connectivity index (χ3n) is 4.98. The number of carbonyl (C=O) groups excluding carboxylic acids is 1. The Morgan fingerprint density at radius 3 is 2.82 bits per heavy atom. The molecule has 2 fully saturated rings. The zero-order valence-corrected chi connectivity index (χ0v) is 14.2. The minimum absolute atomic E-state index is 0.0977. The maximum atomic E-state index is 12.7. The number of hydrogen-bond acceptors (Lipinski definition) is 3. The largest absolute Gasteiger partial charge is 0.384 e. The van der Waals surface area contributed by atoms with Crippen LogP contribution in [0, 0.1) is 5.41 Å². The molecule has 0 aliphatic heterocycles. The van der Waals surface area contributed by atoms with E-state index in [9.17, 15) is 4.79 Å².